The monoisotopic (exact) mass is 239 g/mol. The third-order valence-electron chi connectivity index (χ3n) is 4.79. The number of hydrogen-bond acceptors (Lipinski definition) is 3. The highest BCUT2D eigenvalue weighted by Crippen LogP contribution is 2.27. The van der Waals surface area contributed by atoms with E-state index in [2.05, 4.69) is 23.6 Å². The van der Waals surface area contributed by atoms with Gasteiger partial charge in [0.15, 0.2) is 0 Å². The molecule has 1 saturated heterocycles. The Balaban J connectivity index is 1.70. The van der Waals surface area contributed by atoms with Crippen LogP contribution in [-0.4, -0.2) is 54.6 Å². The van der Waals surface area contributed by atoms with Crippen molar-refractivity contribution in [3.63, 3.8) is 0 Å². The van der Waals surface area contributed by atoms with Crippen molar-refractivity contribution < 1.29 is 0 Å². The molecule has 1 aliphatic heterocycles. The Bertz CT molecular complexity index is 232. The fourth-order valence-electron chi connectivity index (χ4n) is 3.52. The van der Waals surface area contributed by atoms with Gasteiger partial charge in [0.25, 0.3) is 0 Å². The van der Waals surface area contributed by atoms with Crippen LogP contribution in [0.25, 0.3) is 0 Å². The maximum atomic E-state index is 6.14. The van der Waals surface area contributed by atoms with E-state index in [9.17, 15) is 0 Å². The summed E-state index contributed by atoms with van der Waals surface area (Å²) in [5.74, 6) is 0.800. The largest absolute Gasteiger partial charge is 0.327 e. The smallest absolute Gasteiger partial charge is 0.0195 e. The van der Waals surface area contributed by atoms with Gasteiger partial charge >= 0.3 is 0 Å². The highest BCUT2D eigenvalue weighted by Gasteiger charge is 2.26. The van der Waals surface area contributed by atoms with E-state index in [1.165, 1.54) is 58.4 Å². The lowest BCUT2D eigenvalue weighted by molar-refractivity contribution is 0.0837. The Kier molecular flexibility index (Phi) is 4.83. The van der Waals surface area contributed by atoms with Crippen molar-refractivity contribution in [2.75, 3.05) is 32.7 Å². The first-order chi connectivity index (χ1) is 8.20. The first kappa shape index (κ1) is 13.3. The molecule has 0 amide bonds. The molecule has 1 aliphatic carbocycles. The summed E-state index contributed by atoms with van der Waals surface area (Å²) in [6.45, 7) is 10.8. The van der Waals surface area contributed by atoms with Crippen LogP contribution in [-0.2, 0) is 0 Å². The van der Waals surface area contributed by atoms with Crippen LogP contribution in [0.15, 0.2) is 0 Å². The molecule has 3 heteroatoms. The Morgan fingerprint density at radius 1 is 1.24 bits per heavy atom. The molecule has 1 heterocycles. The molecule has 0 aromatic rings. The number of likely N-dealkylation sites (N-methyl/N-ethyl adjacent to an activating group) is 1. The Morgan fingerprint density at radius 3 is 2.65 bits per heavy atom. The second-order valence-electron chi connectivity index (χ2n) is 5.92. The van der Waals surface area contributed by atoms with E-state index >= 15 is 0 Å². The normalized spacial score (nSPS) is 36.5. The molecule has 2 fully saturated rings. The second kappa shape index (κ2) is 6.17. The second-order valence-corrected chi connectivity index (χ2v) is 5.92. The van der Waals surface area contributed by atoms with Crippen molar-refractivity contribution in [3.05, 3.63) is 0 Å². The molecular formula is C14H29N3. The third-order valence-corrected chi connectivity index (χ3v) is 4.79. The Hall–Kier alpha value is -0.120. The molecule has 0 aromatic carbocycles. The van der Waals surface area contributed by atoms with Crippen molar-refractivity contribution in [3.8, 4) is 0 Å². The van der Waals surface area contributed by atoms with Crippen LogP contribution < -0.4 is 5.73 Å². The van der Waals surface area contributed by atoms with Gasteiger partial charge in [-0.05, 0) is 45.2 Å². The van der Waals surface area contributed by atoms with Crippen molar-refractivity contribution >= 4 is 0 Å². The van der Waals surface area contributed by atoms with Gasteiger partial charge in [0, 0.05) is 31.7 Å². The highest BCUT2D eigenvalue weighted by molar-refractivity contribution is 4.83. The van der Waals surface area contributed by atoms with E-state index in [1.807, 2.05) is 0 Å². The van der Waals surface area contributed by atoms with E-state index in [1.54, 1.807) is 0 Å². The molecule has 3 unspecified atom stereocenters. The van der Waals surface area contributed by atoms with Gasteiger partial charge in [-0.3, -0.25) is 4.90 Å². The molecular weight excluding hydrogens is 210 g/mol. The molecule has 0 aromatic heterocycles. The van der Waals surface area contributed by atoms with E-state index in [4.69, 9.17) is 5.73 Å². The summed E-state index contributed by atoms with van der Waals surface area (Å²) in [6.07, 6.45) is 5.29. The lowest BCUT2D eigenvalue weighted by Gasteiger charge is -2.39. The molecule has 100 valence electrons. The molecule has 3 nitrogen and oxygen atoms in total. The summed E-state index contributed by atoms with van der Waals surface area (Å²) in [7, 11) is 0. The summed E-state index contributed by atoms with van der Waals surface area (Å²) >= 11 is 0. The van der Waals surface area contributed by atoms with Gasteiger partial charge in [-0.25, -0.2) is 0 Å². The van der Waals surface area contributed by atoms with Gasteiger partial charge in [0.05, 0.1) is 0 Å². The number of nitrogens with zero attached hydrogens (tertiary/aromatic N) is 2. The number of hydrogen-bond donors (Lipinski definition) is 1. The van der Waals surface area contributed by atoms with Crippen LogP contribution in [0.1, 0.15) is 39.5 Å². The third kappa shape index (κ3) is 3.43. The summed E-state index contributed by atoms with van der Waals surface area (Å²) in [6, 6.07) is 1.22. The van der Waals surface area contributed by atoms with Gasteiger partial charge < -0.3 is 10.6 Å². The van der Waals surface area contributed by atoms with Crippen molar-refractivity contribution in [1.29, 1.82) is 0 Å². The molecule has 2 rings (SSSR count). The summed E-state index contributed by atoms with van der Waals surface area (Å²) in [4.78, 5) is 5.22. The van der Waals surface area contributed by atoms with Gasteiger partial charge in [-0.15, -0.1) is 0 Å². The van der Waals surface area contributed by atoms with E-state index in [0.717, 1.165) is 12.0 Å². The van der Waals surface area contributed by atoms with Crippen LogP contribution in [0.2, 0.25) is 0 Å². The zero-order valence-corrected chi connectivity index (χ0v) is 11.6. The molecule has 3 atom stereocenters. The Labute approximate surface area is 106 Å². The topological polar surface area (TPSA) is 32.5 Å². The highest BCUT2D eigenvalue weighted by atomic mass is 15.3. The first-order valence-electron chi connectivity index (χ1n) is 7.42. The lowest BCUT2D eigenvalue weighted by atomic mass is 9.99. The predicted octanol–water partition coefficient (Wildman–Crippen LogP) is 1.53. The van der Waals surface area contributed by atoms with Crippen LogP contribution in [0.5, 0.6) is 0 Å². The maximum absolute atomic E-state index is 6.14. The van der Waals surface area contributed by atoms with Crippen molar-refractivity contribution in [1.82, 2.24) is 9.80 Å². The molecule has 17 heavy (non-hydrogen) atoms. The average molecular weight is 239 g/mol. The van der Waals surface area contributed by atoms with Crippen molar-refractivity contribution in [2.45, 2.75) is 51.6 Å². The van der Waals surface area contributed by atoms with Crippen LogP contribution >= 0.6 is 0 Å². The molecule has 0 radical (unpaired) electrons. The summed E-state index contributed by atoms with van der Waals surface area (Å²) in [5, 5.41) is 0. The van der Waals surface area contributed by atoms with Gasteiger partial charge in [-0.1, -0.05) is 13.3 Å². The van der Waals surface area contributed by atoms with Gasteiger partial charge in [0.2, 0.25) is 0 Å². The molecule has 0 bridgehead atoms. The Morgan fingerprint density at radius 2 is 2.06 bits per heavy atom. The summed E-state index contributed by atoms with van der Waals surface area (Å²) in [5.41, 5.74) is 6.14. The molecule has 0 spiro atoms. The molecule has 2 aliphatic rings. The average Bonchev–Trinajstić information content (AvgIpc) is 2.72. The maximum Gasteiger partial charge on any atom is 0.0195 e. The minimum absolute atomic E-state index is 0.490. The fraction of sp³-hybridized carbons (Fsp3) is 1.00. The molecule has 1 saturated carbocycles. The first-order valence-corrected chi connectivity index (χ1v) is 7.42. The lowest BCUT2D eigenvalue weighted by Crippen LogP contribution is -2.52. The standard InChI is InChI=1S/C14H29N3/c1-3-17-10-9-16(11-12(17)2)8-7-13-5-4-6-14(13)15/h12-14H,3-11,15H2,1-2H3. The summed E-state index contributed by atoms with van der Waals surface area (Å²) < 4.78 is 0. The van der Waals surface area contributed by atoms with E-state index in [0.29, 0.717) is 6.04 Å². The minimum Gasteiger partial charge on any atom is -0.327 e. The van der Waals surface area contributed by atoms with Crippen LogP contribution in [0.4, 0.5) is 0 Å². The van der Waals surface area contributed by atoms with Crippen LogP contribution in [0, 0.1) is 5.92 Å². The zero-order valence-electron chi connectivity index (χ0n) is 11.6. The number of piperazine rings is 1. The zero-order chi connectivity index (χ0) is 12.3. The number of rotatable bonds is 4. The quantitative estimate of drug-likeness (QED) is 0.807. The van der Waals surface area contributed by atoms with Crippen molar-refractivity contribution in [2.24, 2.45) is 11.7 Å². The minimum atomic E-state index is 0.490. The van der Waals surface area contributed by atoms with Gasteiger partial charge in [0.1, 0.15) is 0 Å². The van der Waals surface area contributed by atoms with E-state index in [-0.39, 0.29) is 0 Å². The van der Waals surface area contributed by atoms with E-state index < -0.39 is 0 Å². The van der Waals surface area contributed by atoms with Crippen LogP contribution in [0.3, 0.4) is 0 Å². The SMILES string of the molecule is CCN1CCN(CCC2CCCC2N)CC1C. The van der Waals surface area contributed by atoms with Gasteiger partial charge in [-0.2, -0.15) is 0 Å². The number of nitrogens with two attached hydrogens (primary N) is 1. The predicted molar refractivity (Wildman–Crippen MR) is 73.1 cm³/mol. The fourth-order valence-corrected chi connectivity index (χ4v) is 3.52. The molecule has 2 N–H and O–H groups in total.